The van der Waals surface area contributed by atoms with Crippen LogP contribution in [-0.2, 0) is 27.3 Å². The lowest BCUT2D eigenvalue weighted by atomic mass is 10.0. The lowest BCUT2D eigenvalue weighted by Gasteiger charge is -2.22. The van der Waals surface area contributed by atoms with Crippen molar-refractivity contribution < 1.29 is 64.8 Å². The maximum absolute atomic E-state index is 13.2. The van der Waals surface area contributed by atoms with E-state index in [0.717, 1.165) is 6.07 Å². The van der Waals surface area contributed by atoms with Crippen molar-refractivity contribution in [2.75, 3.05) is 25.1 Å². The van der Waals surface area contributed by atoms with E-state index in [4.69, 9.17) is 15.2 Å². The molecule has 1 aromatic heterocycles. The average Bonchev–Trinajstić information content (AvgIpc) is 3.08. The van der Waals surface area contributed by atoms with E-state index in [2.05, 4.69) is 25.1 Å². The molecule has 1 amide bonds. The summed E-state index contributed by atoms with van der Waals surface area (Å²) in [6.07, 6.45) is -10.7. The summed E-state index contributed by atoms with van der Waals surface area (Å²) >= 11 is 0. The molecule has 284 valence electrons. The van der Waals surface area contributed by atoms with Gasteiger partial charge in [-0.2, -0.15) is 26.3 Å². The maximum Gasteiger partial charge on any atom is 0.491 e. The van der Waals surface area contributed by atoms with Crippen LogP contribution < -0.4 is 30.6 Å². The Morgan fingerprint density at radius 2 is 1.55 bits per heavy atom. The van der Waals surface area contributed by atoms with E-state index in [0.29, 0.717) is 76.7 Å². The number of aromatic hydroxyl groups is 1. The molecular formula is C35H34F6N4O8. The summed E-state index contributed by atoms with van der Waals surface area (Å²) < 4.78 is 97.6. The van der Waals surface area contributed by atoms with E-state index in [1.165, 1.54) is 6.20 Å². The first-order valence-electron chi connectivity index (χ1n) is 16.0. The van der Waals surface area contributed by atoms with Crippen molar-refractivity contribution in [1.29, 1.82) is 0 Å². The molecule has 3 aromatic carbocycles. The third kappa shape index (κ3) is 9.76. The number of esters is 2. The predicted octanol–water partition coefficient (Wildman–Crippen LogP) is 6.55. The molecule has 4 rings (SSSR count). The van der Waals surface area contributed by atoms with Gasteiger partial charge in [0.1, 0.15) is 6.10 Å². The number of aromatic nitrogens is 1. The molecule has 0 aliphatic heterocycles. The van der Waals surface area contributed by atoms with Crippen molar-refractivity contribution in [3.63, 3.8) is 0 Å². The minimum absolute atomic E-state index is 0.00199. The van der Waals surface area contributed by atoms with E-state index in [-0.39, 0.29) is 17.7 Å². The number of pyridine rings is 1. The van der Waals surface area contributed by atoms with Gasteiger partial charge >= 0.3 is 24.3 Å². The Bertz CT molecular complexity index is 1990. The molecule has 53 heavy (non-hydrogen) atoms. The molecule has 0 bridgehead atoms. The molecule has 0 radical (unpaired) electrons. The standard InChI is InChI=1S/C35H34F6N4O8/c1-4-20-19(15-43-17-29(53-33(49)35(39,40)41)18-10-11-26(25(46)12-18)52-32(48)34(36,37)38)8-7-9-23(20)45-30-21-13-27(50-5-2)28(51-6-3)14-24(21)44-16-22(30)31(42)47/h7-14,16,29,43,46H,4-6,15,17H2,1-3H3,(H2,42,47)(H,44,45). The zero-order chi connectivity index (χ0) is 39.1. The maximum atomic E-state index is 13.2. The van der Waals surface area contributed by atoms with Crippen LogP contribution in [0.15, 0.2) is 54.7 Å². The first-order valence-corrected chi connectivity index (χ1v) is 16.0. The van der Waals surface area contributed by atoms with Crippen molar-refractivity contribution >= 4 is 40.1 Å². The van der Waals surface area contributed by atoms with E-state index in [1.807, 2.05) is 13.8 Å². The molecule has 0 spiro atoms. The summed E-state index contributed by atoms with van der Waals surface area (Å²) in [5.74, 6) is -7.06. The van der Waals surface area contributed by atoms with Gasteiger partial charge in [0.05, 0.1) is 30.0 Å². The molecule has 5 N–H and O–H groups in total. The number of benzene rings is 3. The quantitative estimate of drug-likeness (QED) is 0.0590. The zero-order valence-corrected chi connectivity index (χ0v) is 28.4. The summed E-state index contributed by atoms with van der Waals surface area (Å²) in [6.45, 7) is 5.67. The number of phenolic OH excluding ortho intramolecular Hbond substituents is 1. The molecule has 0 fully saturated rings. The summed E-state index contributed by atoms with van der Waals surface area (Å²) in [7, 11) is 0. The first-order chi connectivity index (χ1) is 25.0. The molecular weight excluding hydrogens is 718 g/mol. The molecule has 0 aliphatic rings. The lowest BCUT2D eigenvalue weighted by Crippen LogP contribution is -2.31. The molecule has 12 nitrogen and oxygen atoms in total. The molecule has 1 heterocycles. The third-order valence-corrected chi connectivity index (χ3v) is 7.60. The molecule has 4 aromatic rings. The number of amides is 1. The van der Waals surface area contributed by atoms with Crippen LogP contribution in [0.4, 0.5) is 37.7 Å². The van der Waals surface area contributed by atoms with E-state index in [9.17, 15) is 45.8 Å². The van der Waals surface area contributed by atoms with Gasteiger partial charge in [-0.1, -0.05) is 25.1 Å². The van der Waals surface area contributed by atoms with Crippen LogP contribution in [0.3, 0.4) is 0 Å². The van der Waals surface area contributed by atoms with E-state index < -0.39 is 54.3 Å². The van der Waals surface area contributed by atoms with Crippen molar-refractivity contribution in [2.24, 2.45) is 5.73 Å². The highest BCUT2D eigenvalue weighted by molar-refractivity contribution is 6.08. The number of carbonyl (C=O) groups excluding carboxylic acids is 3. The number of alkyl halides is 6. The number of fused-ring (bicyclic) bond motifs is 1. The molecule has 1 unspecified atom stereocenters. The summed E-state index contributed by atoms with van der Waals surface area (Å²) in [5, 5.41) is 16.9. The molecule has 1 atom stereocenters. The third-order valence-electron chi connectivity index (χ3n) is 7.60. The number of rotatable bonds is 15. The molecule has 0 saturated carbocycles. The summed E-state index contributed by atoms with van der Waals surface area (Å²) in [4.78, 5) is 39.9. The van der Waals surface area contributed by atoms with Gasteiger partial charge in [-0.05, 0) is 61.2 Å². The van der Waals surface area contributed by atoms with Gasteiger partial charge in [-0.3, -0.25) is 9.78 Å². The SMILES string of the molecule is CCOc1cc2ncc(C(N)=O)c(Nc3cccc(CNCC(OC(=O)C(F)(F)F)c4ccc(OC(=O)C(F)(F)F)c(O)c4)c3CC)c2cc1OCC. The number of hydrogen-bond donors (Lipinski definition) is 4. The van der Waals surface area contributed by atoms with Crippen LogP contribution in [0.2, 0.25) is 0 Å². The monoisotopic (exact) mass is 752 g/mol. The zero-order valence-electron chi connectivity index (χ0n) is 28.4. The van der Waals surface area contributed by atoms with Crippen molar-refractivity contribution in [3.05, 3.63) is 77.0 Å². The molecule has 18 heteroatoms. The number of nitrogens with two attached hydrogens (primary N) is 1. The number of primary amides is 1. The van der Waals surface area contributed by atoms with Crippen LogP contribution in [0.1, 0.15) is 53.9 Å². The Labute approximate surface area is 298 Å². The Morgan fingerprint density at radius 1 is 0.887 bits per heavy atom. The second-order valence-corrected chi connectivity index (χ2v) is 11.2. The number of anilines is 2. The Kier molecular flexibility index (Phi) is 12.6. The van der Waals surface area contributed by atoms with Gasteiger partial charge in [-0.15, -0.1) is 0 Å². The van der Waals surface area contributed by atoms with Crippen LogP contribution >= 0.6 is 0 Å². The number of nitrogens with one attached hydrogen (secondary N) is 2. The van der Waals surface area contributed by atoms with Crippen molar-refractivity contribution in [3.8, 4) is 23.0 Å². The van der Waals surface area contributed by atoms with Gasteiger partial charge in [0.15, 0.2) is 23.0 Å². The lowest BCUT2D eigenvalue weighted by molar-refractivity contribution is -0.205. The van der Waals surface area contributed by atoms with Gasteiger partial charge in [0, 0.05) is 36.4 Å². The second-order valence-electron chi connectivity index (χ2n) is 11.2. The average molecular weight is 753 g/mol. The number of nitrogens with zero attached hydrogens (tertiary/aromatic N) is 1. The summed E-state index contributed by atoms with van der Waals surface area (Å²) in [6, 6.07) is 10.9. The number of hydrogen-bond acceptors (Lipinski definition) is 11. The highest BCUT2D eigenvalue weighted by atomic mass is 19.4. The smallest absolute Gasteiger partial charge is 0.491 e. The largest absolute Gasteiger partial charge is 0.504 e. The Morgan fingerprint density at radius 3 is 2.13 bits per heavy atom. The van der Waals surface area contributed by atoms with Gasteiger partial charge < -0.3 is 40.4 Å². The van der Waals surface area contributed by atoms with Gasteiger partial charge in [0.2, 0.25) is 0 Å². The fourth-order valence-electron chi connectivity index (χ4n) is 5.27. The Balaban J connectivity index is 1.64. The first kappa shape index (κ1) is 40.0. The highest BCUT2D eigenvalue weighted by Gasteiger charge is 2.43. The topological polar surface area (TPSA) is 171 Å². The molecule has 0 saturated heterocycles. The van der Waals surface area contributed by atoms with Gasteiger partial charge in [0.25, 0.3) is 5.91 Å². The number of carbonyl (C=O) groups is 3. The highest BCUT2D eigenvalue weighted by Crippen LogP contribution is 2.39. The predicted molar refractivity (Wildman–Crippen MR) is 178 cm³/mol. The number of ether oxygens (including phenoxy) is 4. The second kappa shape index (κ2) is 16.7. The van der Waals surface area contributed by atoms with E-state index >= 15 is 0 Å². The number of halogens is 6. The number of phenols is 1. The van der Waals surface area contributed by atoms with Crippen LogP contribution in [-0.4, -0.2) is 60.0 Å². The minimum atomic E-state index is -5.40. The fraction of sp³-hybridized carbons (Fsp3) is 0.314. The van der Waals surface area contributed by atoms with Crippen LogP contribution in [0, 0.1) is 0 Å². The normalized spacial score (nSPS) is 12.2. The minimum Gasteiger partial charge on any atom is -0.504 e. The fourth-order valence-corrected chi connectivity index (χ4v) is 5.27. The summed E-state index contributed by atoms with van der Waals surface area (Å²) in [5.41, 5.74) is 8.24. The molecule has 0 aliphatic carbocycles. The van der Waals surface area contributed by atoms with Crippen LogP contribution in [0.25, 0.3) is 10.9 Å². The Hall–Kier alpha value is -5.78. The van der Waals surface area contributed by atoms with E-state index in [1.54, 1.807) is 37.3 Å². The van der Waals surface area contributed by atoms with Crippen LogP contribution in [0.5, 0.6) is 23.0 Å². The van der Waals surface area contributed by atoms with Crippen molar-refractivity contribution in [1.82, 2.24) is 10.3 Å². The van der Waals surface area contributed by atoms with Crippen molar-refractivity contribution in [2.45, 2.75) is 52.2 Å². The van der Waals surface area contributed by atoms with Gasteiger partial charge in [-0.25, -0.2) is 9.59 Å².